The Morgan fingerprint density at radius 3 is 2.92 bits per heavy atom. The summed E-state index contributed by atoms with van der Waals surface area (Å²) in [4.78, 5) is 11.6. The second kappa shape index (κ2) is 3.24. The van der Waals surface area contributed by atoms with E-state index in [2.05, 4.69) is 30.3 Å². The zero-order chi connectivity index (χ0) is 9.42. The molecule has 6 heteroatoms. The van der Waals surface area contributed by atoms with Crippen LogP contribution in [0, 0.1) is 0 Å². The van der Waals surface area contributed by atoms with E-state index >= 15 is 0 Å². The second-order valence-electron chi connectivity index (χ2n) is 2.51. The summed E-state index contributed by atoms with van der Waals surface area (Å²) in [5.74, 6) is 0. The van der Waals surface area contributed by atoms with E-state index in [-0.39, 0.29) is 5.69 Å². The number of aromatic nitrogens is 3. The zero-order valence-corrected chi connectivity index (χ0v) is 9.39. The molecule has 13 heavy (non-hydrogen) atoms. The number of pyridine rings is 1. The fourth-order valence-corrected chi connectivity index (χ4v) is 1.86. The average molecular weight is 260 g/mol. The van der Waals surface area contributed by atoms with Crippen molar-refractivity contribution >= 4 is 30.8 Å². The van der Waals surface area contributed by atoms with Crippen LogP contribution in [0.1, 0.15) is 0 Å². The van der Waals surface area contributed by atoms with Crippen LogP contribution >= 0.6 is 25.2 Å². The van der Waals surface area contributed by atoms with E-state index in [9.17, 15) is 4.79 Å². The molecule has 2 aromatic rings. The van der Waals surface area contributed by atoms with Crippen LogP contribution in [0.3, 0.4) is 0 Å². The lowest BCUT2D eigenvalue weighted by Crippen LogP contribution is -2.19. The number of hydrogen-bond donors (Lipinski definition) is 0. The summed E-state index contributed by atoms with van der Waals surface area (Å²) in [5, 5.41) is 4.11. The molecule has 4 nitrogen and oxygen atoms in total. The van der Waals surface area contributed by atoms with Gasteiger partial charge in [-0.2, -0.15) is 0 Å². The second-order valence-corrected chi connectivity index (χ2v) is 3.68. The molecule has 0 spiro atoms. The molecule has 0 saturated heterocycles. The first kappa shape index (κ1) is 8.91. The van der Waals surface area contributed by atoms with Crippen molar-refractivity contribution in [1.29, 1.82) is 0 Å². The van der Waals surface area contributed by atoms with Crippen LogP contribution in [0.4, 0.5) is 0 Å². The third-order valence-electron chi connectivity index (χ3n) is 1.73. The van der Waals surface area contributed by atoms with Crippen molar-refractivity contribution < 1.29 is 0 Å². The van der Waals surface area contributed by atoms with Gasteiger partial charge in [0.15, 0.2) is 5.65 Å². The minimum atomic E-state index is -0.127. The van der Waals surface area contributed by atoms with Gasteiger partial charge in [-0.05, 0) is 28.1 Å². The maximum Gasteiger partial charge on any atom is 0.351 e. The van der Waals surface area contributed by atoms with Crippen molar-refractivity contribution in [1.82, 2.24) is 14.2 Å². The summed E-state index contributed by atoms with van der Waals surface area (Å²) < 4.78 is 3.63. The number of hydrogen-bond acceptors (Lipinski definition) is 2. The highest BCUT2D eigenvalue weighted by atomic mass is 79.9. The Morgan fingerprint density at radius 1 is 1.54 bits per heavy atom. The van der Waals surface area contributed by atoms with Gasteiger partial charge in [0.25, 0.3) is 0 Å². The molecule has 0 aliphatic rings. The summed E-state index contributed by atoms with van der Waals surface area (Å²) in [6.45, 7) is 0. The van der Waals surface area contributed by atoms with Crippen LogP contribution in [-0.2, 0) is 6.29 Å². The fraction of sp³-hybridized carbons (Fsp3) is 0.143. The molecule has 0 radical (unpaired) electrons. The van der Waals surface area contributed by atoms with Crippen molar-refractivity contribution in [2.75, 3.05) is 0 Å². The van der Waals surface area contributed by atoms with Crippen molar-refractivity contribution in [3.63, 3.8) is 0 Å². The number of nitrogens with zero attached hydrogens (tertiary/aromatic N) is 3. The first-order valence-corrected chi connectivity index (χ1v) is 5.29. The van der Waals surface area contributed by atoms with Gasteiger partial charge in [0, 0.05) is 0 Å². The minimum absolute atomic E-state index is 0.127. The Bertz CT molecular complexity index is 504. The summed E-state index contributed by atoms with van der Waals surface area (Å²) in [6.07, 6.45) is 0.507. The predicted molar refractivity (Wildman–Crippen MR) is 56.9 cm³/mol. The maximum absolute atomic E-state index is 11.6. The average Bonchev–Trinajstić information content (AvgIpc) is 2.44. The summed E-state index contributed by atoms with van der Waals surface area (Å²) in [5.41, 5.74) is 0.527. The summed E-state index contributed by atoms with van der Waals surface area (Å²) in [6, 6.07) is 5.45. The van der Waals surface area contributed by atoms with Crippen LogP contribution in [-0.4, -0.2) is 14.2 Å². The van der Waals surface area contributed by atoms with Crippen LogP contribution in [0.5, 0.6) is 0 Å². The molecule has 0 saturated carbocycles. The van der Waals surface area contributed by atoms with E-state index in [1.54, 1.807) is 6.07 Å². The largest absolute Gasteiger partial charge is 0.351 e. The van der Waals surface area contributed by atoms with Gasteiger partial charge in [0.05, 0.1) is 10.9 Å². The van der Waals surface area contributed by atoms with E-state index in [4.69, 9.17) is 0 Å². The molecule has 68 valence electrons. The number of fused-ring (bicyclic) bond motifs is 1. The lowest BCUT2D eigenvalue weighted by molar-refractivity contribution is 0.716. The SMILES string of the molecule is O=c1n(CP)nc2cccc(Br)n12. The molecule has 0 N–H and O–H groups in total. The van der Waals surface area contributed by atoms with Gasteiger partial charge in [-0.3, -0.25) is 0 Å². The van der Waals surface area contributed by atoms with Gasteiger partial charge >= 0.3 is 5.69 Å². The van der Waals surface area contributed by atoms with Gasteiger partial charge in [-0.1, -0.05) is 6.07 Å². The standard InChI is InChI=1S/C7H7BrN3OP/c8-5-2-1-3-6-9-10(4-13)7(12)11(5)6/h1-3H,4,13H2. The molecule has 0 bridgehead atoms. The molecule has 2 rings (SSSR count). The Morgan fingerprint density at radius 2 is 2.31 bits per heavy atom. The van der Waals surface area contributed by atoms with E-state index in [1.165, 1.54) is 9.08 Å². The lowest BCUT2D eigenvalue weighted by atomic mass is 10.5. The maximum atomic E-state index is 11.6. The van der Waals surface area contributed by atoms with E-state index in [0.29, 0.717) is 11.9 Å². The summed E-state index contributed by atoms with van der Waals surface area (Å²) in [7, 11) is 2.46. The molecular formula is C7H7BrN3OP. The third-order valence-corrected chi connectivity index (χ3v) is 2.69. The third kappa shape index (κ3) is 1.32. The van der Waals surface area contributed by atoms with Gasteiger partial charge in [0.2, 0.25) is 0 Å². The van der Waals surface area contributed by atoms with E-state index < -0.39 is 0 Å². The smallest absolute Gasteiger partial charge is 0.246 e. The van der Waals surface area contributed by atoms with Gasteiger partial charge in [0.1, 0.15) is 0 Å². The Balaban J connectivity index is 2.93. The number of rotatable bonds is 1. The fourth-order valence-electron chi connectivity index (χ4n) is 1.14. The van der Waals surface area contributed by atoms with Crippen molar-refractivity contribution in [3.8, 4) is 0 Å². The van der Waals surface area contributed by atoms with Crippen LogP contribution in [0.15, 0.2) is 27.6 Å². The zero-order valence-electron chi connectivity index (χ0n) is 6.64. The highest BCUT2D eigenvalue weighted by Crippen LogP contribution is 2.09. The quantitative estimate of drug-likeness (QED) is 0.568. The number of halogens is 1. The lowest BCUT2D eigenvalue weighted by Gasteiger charge is -1.91. The summed E-state index contributed by atoms with van der Waals surface area (Å²) >= 11 is 3.29. The highest BCUT2D eigenvalue weighted by molar-refractivity contribution is 9.10. The van der Waals surface area contributed by atoms with Crippen molar-refractivity contribution in [2.24, 2.45) is 0 Å². The van der Waals surface area contributed by atoms with Crippen LogP contribution in [0.25, 0.3) is 5.65 Å². The highest BCUT2D eigenvalue weighted by Gasteiger charge is 2.06. The van der Waals surface area contributed by atoms with E-state index in [0.717, 1.165) is 4.60 Å². The Hall–Kier alpha value is -0.670. The monoisotopic (exact) mass is 259 g/mol. The molecule has 0 amide bonds. The molecule has 0 aliphatic carbocycles. The molecule has 0 aliphatic heterocycles. The molecule has 1 unspecified atom stereocenters. The van der Waals surface area contributed by atoms with Crippen molar-refractivity contribution in [2.45, 2.75) is 6.29 Å². The minimum Gasteiger partial charge on any atom is -0.246 e. The molecule has 2 aromatic heterocycles. The topological polar surface area (TPSA) is 39.3 Å². The molecule has 0 fully saturated rings. The molecular weight excluding hydrogens is 253 g/mol. The Labute approximate surface area is 84.9 Å². The molecule has 0 aromatic carbocycles. The van der Waals surface area contributed by atoms with Gasteiger partial charge in [-0.15, -0.1) is 14.3 Å². The predicted octanol–water partition coefficient (Wildman–Crippen LogP) is 1.09. The Kier molecular flexibility index (Phi) is 2.22. The van der Waals surface area contributed by atoms with Crippen molar-refractivity contribution in [3.05, 3.63) is 33.3 Å². The van der Waals surface area contributed by atoms with E-state index in [1.807, 2.05) is 12.1 Å². The first-order valence-electron chi connectivity index (χ1n) is 3.68. The van der Waals surface area contributed by atoms with Gasteiger partial charge in [-0.25, -0.2) is 13.9 Å². The van der Waals surface area contributed by atoms with Crippen LogP contribution < -0.4 is 5.69 Å². The molecule has 2 heterocycles. The van der Waals surface area contributed by atoms with Crippen LogP contribution in [0.2, 0.25) is 0 Å². The normalized spacial score (nSPS) is 10.9. The molecule has 1 atom stereocenters. The van der Waals surface area contributed by atoms with Gasteiger partial charge < -0.3 is 0 Å². The first-order chi connectivity index (χ1) is 6.24.